The van der Waals surface area contributed by atoms with Gasteiger partial charge in [-0.05, 0) is 42.2 Å². The van der Waals surface area contributed by atoms with E-state index in [0.29, 0.717) is 31.1 Å². The summed E-state index contributed by atoms with van der Waals surface area (Å²) in [7, 11) is 0. The number of carbonyl (C=O) groups is 2. The van der Waals surface area contributed by atoms with Crippen molar-refractivity contribution in [1.29, 1.82) is 0 Å². The minimum absolute atomic E-state index is 0.0710. The standard InChI is InChI=1S/C23H27FN2O2/c1-16(2)11-12-25-22(27)21-15-26(23(28)17-7-4-3-5-8-17)14-20(21)18-9-6-10-19(24)13-18/h3-10,13,16,20-21H,11-12,14-15H2,1-2H3,(H,25,27). The van der Waals surface area contributed by atoms with Gasteiger partial charge >= 0.3 is 0 Å². The third kappa shape index (κ3) is 4.77. The van der Waals surface area contributed by atoms with Crippen LogP contribution in [-0.2, 0) is 4.79 Å². The summed E-state index contributed by atoms with van der Waals surface area (Å²) in [6.07, 6.45) is 0.899. The van der Waals surface area contributed by atoms with Gasteiger partial charge in [-0.3, -0.25) is 9.59 Å². The molecule has 1 aliphatic heterocycles. The first-order valence-corrected chi connectivity index (χ1v) is 9.83. The van der Waals surface area contributed by atoms with Crippen molar-refractivity contribution in [2.24, 2.45) is 11.8 Å². The summed E-state index contributed by atoms with van der Waals surface area (Å²) in [5.41, 5.74) is 1.36. The Morgan fingerprint density at radius 2 is 1.86 bits per heavy atom. The number of nitrogens with zero attached hydrogens (tertiary/aromatic N) is 1. The predicted molar refractivity (Wildman–Crippen MR) is 107 cm³/mol. The van der Waals surface area contributed by atoms with Crippen LogP contribution in [0.2, 0.25) is 0 Å². The molecule has 5 heteroatoms. The minimum atomic E-state index is -0.387. The summed E-state index contributed by atoms with van der Waals surface area (Å²) in [5.74, 6) is -0.606. The van der Waals surface area contributed by atoms with E-state index in [1.807, 2.05) is 24.3 Å². The molecule has 0 radical (unpaired) electrons. The highest BCUT2D eigenvalue weighted by atomic mass is 19.1. The monoisotopic (exact) mass is 382 g/mol. The number of hydrogen-bond donors (Lipinski definition) is 1. The van der Waals surface area contributed by atoms with E-state index in [1.54, 1.807) is 23.1 Å². The van der Waals surface area contributed by atoms with E-state index in [2.05, 4.69) is 19.2 Å². The van der Waals surface area contributed by atoms with Gasteiger partial charge in [0.25, 0.3) is 5.91 Å². The number of hydrogen-bond acceptors (Lipinski definition) is 2. The zero-order valence-corrected chi connectivity index (χ0v) is 16.4. The lowest BCUT2D eigenvalue weighted by Gasteiger charge is -2.18. The van der Waals surface area contributed by atoms with Crippen molar-refractivity contribution in [3.8, 4) is 0 Å². The molecule has 1 saturated heterocycles. The van der Waals surface area contributed by atoms with Crippen molar-refractivity contribution in [2.45, 2.75) is 26.2 Å². The lowest BCUT2D eigenvalue weighted by molar-refractivity contribution is -0.124. The zero-order chi connectivity index (χ0) is 20.1. The summed E-state index contributed by atoms with van der Waals surface area (Å²) in [6, 6.07) is 15.4. The highest BCUT2D eigenvalue weighted by Gasteiger charge is 2.40. The molecule has 0 aliphatic carbocycles. The van der Waals surface area contributed by atoms with Gasteiger partial charge in [-0.1, -0.05) is 44.2 Å². The summed E-state index contributed by atoms with van der Waals surface area (Å²) < 4.78 is 13.8. The van der Waals surface area contributed by atoms with Crippen LogP contribution in [0.25, 0.3) is 0 Å². The molecule has 2 aromatic carbocycles. The highest BCUT2D eigenvalue weighted by molar-refractivity contribution is 5.95. The lowest BCUT2D eigenvalue weighted by atomic mass is 9.88. The first kappa shape index (κ1) is 20.1. The van der Waals surface area contributed by atoms with E-state index in [9.17, 15) is 14.0 Å². The number of halogens is 1. The second kappa shape index (κ2) is 9.00. The average molecular weight is 382 g/mol. The number of rotatable bonds is 6. The van der Waals surface area contributed by atoms with Gasteiger partial charge in [0.1, 0.15) is 5.82 Å². The molecule has 28 heavy (non-hydrogen) atoms. The van der Waals surface area contributed by atoms with E-state index in [1.165, 1.54) is 12.1 Å². The Morgan fingerprint density at radius 1 is 1.11 bits per heavy atom. The summed E-state index contributed by atoms with van der Waals surface area (Å²) in [5, 5.41) is 3.00. The van der Waals surface area contributed by atoms with E-state index < -0.39 is 0 Å². The Balaban J connectivity index is 1.80. The highest BCUT2D eigenvalue weighted by Crippen LogP contribution is 2.34. The molecule has 4 nitrogen and oxygen atoms in total. The molecule has 0 spiro atoms. The van der Waals surface area contributed by atoms with Crippen LogP contribution in [0.15, 0.2) is 54.6 Å². The maximum absolute atomic E-state index is 13.8. The SMILES string of the molecule is CC(C)CCNC(=O)C1CN(C(=O)c2ccccc2)CC1c1cccc(F)c1. The van der Waals surface area contributed by atoms with Crippen LogP contribution in [0.5, 0.6) is 0 Å². The van der Waals surface area contributed by atoms with Crippen LogP contribution < -0.4 is 5.32 Å². The molecule has 1 fully saturated rings. The van der Waals surface area contributed by atoms with Crippen molar-refractivity contribution < 1.29 is 14.0 Å². The minimum Gasteiger partial charge on any atom is -0.356 e. The third-order valence-electron chi connectivity index (χ3n) is 5.26. The predicted octanol–water partition coefficient (Wildman–Crippen LogP) is 3.84. The first-order valence-electron chi connectivity index (χ1n) is 9.83. The van der Waals surface area contributed by atoms with Gasteiger partial charge in [0.15, 0.2) is 0 Å². The largest absolute Gasteiger partial charge is 0.356 e. The Labute approximate surface area is 165 Å². The van der Waals surface area contributed by atoms with Gasteiger partial charge in [-0.15, -0.1) is 0 Å². The molecule has 2 atom stereocenters. The molecule has 148 valence electrons. The molecule has 0 saturated carbocycles. The number of likely N-dealkylation sites (tertiary alicyclic amines) is 1. The smallest absolute Gasteiger partial charge is 0.253 e. The lowest BCUT2D eigenvalue weighted by Crippen LogP contribution is -2.36. The number of nitrogens with one attached hydrogen (secondary N) is 1. The van der Waals surface area contributed by atoms with Crippen LogP contribution in [-0.4, -0.2) is 36.3 Å². The van der Waals surface area contributed by atoms with Crippen molar-refractivity contribution in [1.82, 2.24) is 10.2 Å². The van der Waals surface area contributed by atoms with Gasteiger partial charge in [0, 0.05) is 31.1 Å². The van der Waals surface area contributed by atoms with Crippen LogP contribution in [0.4, 0.5) is 4.39 Å². The normalized spacial score (nSPS) is 19.1. The zero-order valence-electron chi connectivity index (χ0n) is 16.4. The molecule has 2 aromatic rings. The van der Waals surface area contributed by atoms with Gasteiger partial charge in [0.05, 0.1) is 5.92 Å². The molecular weight excluding hydrogens is 355 g/mol. The van der Waals surface area contributed by atoms with Crippen molar-refractivity contribution in [2.75, 3.05) is 19.6 Å². The molecule has 1 heterocycles. The topological polar surface area (TPSA) is 49.4 Å². The van der Waals surface area contributed by atoms with Gasteiger partial charge in [0.2, 0.25) is 5.91 Å². The fraction of sp³-hybridized carbons (Fsp3) is 0.391. The molecule has 1 N–H and O–H groups in total. The summed E-state index contributed by atoms with van der Waals surface area (Å²) in [6.45, 7) is 5.56. The Bertz CT molecular complexity index is 822. The maximum Gasteiger partial charge on any atom is 0.253 e. The Morgan fingerprint density at radius 3 is 2.54 bits per heavy atom. The molecule has 1 aliphatic rings. The molecule has 2 unspecified atom stereocenters. The third-order valence-corrected chi connectivity index (χ3v) is 5.26. The molecular formula is C23H27FN2O2. The van der Waals surface area contributed by atoms with Crippen LogP contribution in [0.3, 0.4) is 0 Å². The fourth-order valence-electron chi connectivity index (χ4n) is 3.69. The van der Waals surface area contributed by atoms with Crippen molar-refractivity contribution in [3.63, 3.8) is 0 Å². The second-order valence-electron chi connectivity index (χ2n) is 7.82. The second-order valence-corrected chi connectivity index (χ2v) is 7.82. The van der Waals surface area contributed by atoms with E-state index in [-0.39, 0.29) is 29.5 Å². The Kier molecular flexibility index (Phi) is 6.45. The van der Waals surface area contributed by atoms with Gasteiger partial charge in [-0.2, -0.15) is 0 Å². The average Bonchev–Trinajstić information content (AvgIpc) is 3.13. The first-order chi connectivity index (χ1) is 13.5. The quantitative estimate of drug-likeness (QED) is 0.825. The maximum atomic E-state index is 13.8. The van der Waals surface area contributed by atoms with E-state index in [0.717, 1.165) is 12.0 Å². The van der Waals surface area contributed by atoms with Crippen molar-refractivity contribution >= 4 is 11.8 Å². The Hall–Kier alpha value is -2.69. The van der Waals surface area contributed by atoms with Gasteiger partial charge in [-0.25, -0.2) is 4.39 Å². The molecule has 0 aromatic heterocycles. The van der Waals surface area contributed by atoms with E-state index in [4.69, 9.17) is 0 Å². The number of carbonyl (C=O) groups excluding carboxylic acids is 2. The molecule has 3 rings (SSSR count). The van der Waals surface area contributed by atoms with Crippen molar-refractivity contribution in [3.05, 3.63) is 71.5 Å². The van der Waals surface area contributed by atoms with Crippen LogP contribution >= 0.6 is 0 Å². The molecule has 2 amide bonds. The van der Waals surface area contributed by atoms with Crippen LogP contribution in [0, 0.1) is 17.7 Å². The summed E-state index contributed by atoms with van der Waals surface area (Å²) in [4.78, 5) is 27.4. The summed E-state index contributed by atoms with van der Waals surface area (Å²) >= 11 is 0. The van der Waals surface area contributed by atoms with Gasteiger partial charge < -0.3 is 10.2 Å². The fourth-order valence-corrected chi connectivity index (χ4v) is 3.69. The number of amides is 2. The number of benzene rings is 2. The molecule has 0 bridgehead atoms. The van der Waals surface area contributed by atoms with E-state index >= 15 is 0 Å². The van der Waals surface area contributed by atoms with Crippen LogP contribution in [0.1, 0.15) is 42.1 Å².